The first-order valence-corrected chi connectivity index (χ1v) is 20.8. The lowest BCUT2D eigenvalue weighted by Gasteiger charge is -2.58. The van der Waals surface area contributed by atoms with Crippen LogP contribution in [0.4, 0.5) is 0 Å². The highest BCUT2D eigenvalue weighted by Gasteiger charge is 2.52. The molecule has 0 atom stereocenters. The van der Waals surface area contributed by atoms with Gasteiger partial charge in [0.1, 0.15) is 0 Å². The summed E-state index contributed by atoms with van der Waals surface area (Å²) in [5, 5.41) is 0. The highest BCUT2D eigenvalue weighted by atomic mass is 16.2. The van der Waals surface area contributed by atoms with Crippen molar-refractivity contribution in [2.45, 2.75) is 205 Å². The lowest BCUT2D eigenvalue weighted by molar-refractivity contribution is -0.149. The number of benzene rings is 1. The van der Waals surface area contributed by atoms with Gasteiger partial charge in [0.2, 0.25) is 11.8 Å². The molecule has 0 unspecified atom stereocenters. The zero-order valence-corrected chi connectivity index (χ0v) is 35.4. The largest absolute Gasteiger partial charge is 0.333 e. The minimum Gasteiger partial charge on any atom is -0.333 e. The van der Waals surface area contributed by atoms with Crippen LogP contribution in [0.3, 0.4) is 0 Å². The fourth-order valence-corrected chi connectivity index (χ4v) is 11.4. The molecule has 8 heteroatoms. The average molecular weight is 743 g/mol. The van der Waals surface area contributed by atoms with E-state index in [-0.39, 0.29) is 47.8 Å². The molecule has 8 nitrogen and oxygen atoms in total. The molecule has 1 aromatic carbocycles. The molecule has 4 aliphatic rings. The number of amides is 4. The molecular weight excluding hydrogens is 673 g/mol. The van der Waals surface area contributed by atoms with Gasteiger partial charge in [-0.05, 0) is 139 Å². The number of piperidine rings is 2. The van der Waals surface area contributed by atoms with Gasteiger partial charge in [0.25, 0.3) is 11.8 Å². The highest BCUT2D eigenvalue weighted by Crippen LogP contribution is 2.45. The third kappa shape index (κ3) is 8.38. The van der Waals surface area contributed by atoms with E-state index in [0.29, 0.717) is 48.0 Å². The van der Waals surface area contributed by atoms with Crippen molar-refractivity contribution < 1.29 is 19.2 Å². The van der Waals surface area contributed by atoms with Crippen LogP contribution in [0.5, 0.6) is 0 Å². The quantitative estimate of drug-likeness (QED) is 0.249. The fraction of sp³-hybridized carbons (Fsp3) is 0.696. The molecule has 0 radical (unpaired) electrons. The van der Waals surface area contributed by atoms with E-state index >= 15 is 9.59 Å². The molecule has 2 aliphatic heterocycles. The second-order valence-electron chi connectivity index (χ2n) is 19.8. The van der Waals surface area contributed by atoms with Crippen molar-refractivity contribution in [3.8, 4) is 0 Å². The zero-order chi connectivity index (χ0) is 40.0. The van der Waals surface area contributed by atoms with E-state index in [9.17, 15) is 9.59 Å². The van der Waals surface area contributed by atoms with Gasteiger partial charge in [0.05, 0.1) is 0 Å². The van der Waals surface area contributed by atoms with Crippen LogP contribution in [0.25, 0.3) is 0 Å². The summed E-state index contributed by atoms with van der Waals surface area (Å²) in [5.41, 5.74) is 0.204. The van der Waals surface area contributed by atoms with Crippen molar-refractivity contribution in [1.82, 2.24) is 19.6 Å². The Bertz CT molecular complexity index is 1470. The number of likely N-dealkylation sites (tertiary alicyclic amines) is 2. The van der Waals surface area contributed by atoms with Gasteiger partial charge < -0.3 is 19.6 Å². The van der Waals surface area contributed by atoms with Crippen LogP contribution < -0.4 is 0 Å². The van der Waals surface area contributed by atoms with Crippen molar-refractivity contribution in [3.63, 3.8) is 0 Å². The van der Waals surface area contributed by atoms with E-state index in [1.165, 1.54) is 12.8 Å². The van der Waals surface area contributed by atoms with Crippen molar-refractivity contribution >= 4 is 23.6 Å². The third-order valence-electron chi connectivity index (χ3n) is 13.0. The van der Waals surface area contributed by atoms with Gasteiger partial charge in [0, 0.05) is 68.6 Å². The van der Waals surface area contributed by atoms with Gasteiger partial charge in [-0.1, -0.05) is 57.7 Å². The SMILES string of the molecule is C=C(C)C(=O)N1C(C)(C)CC(N(C(=O)c2cccc(C(=O)N(C3CCCCC3)C3CC(C)(C)N(C(=O)C(=C)C)C(C)(C)C3)c2)C2CCCCC2)CC1(C)C. The molecule has 54 heavy (non-hydrogen) atoms. The lowest BCUT2D eigenvalue weighted by Crippen LogP contribution is -2.67. The maximum atomic E-state index is 15.0. The minimum atomic E-state index is -0.486. The standard InChI is InChI=1S/C46H70N4O4/c1-31(2)39(51)49-43(5,6)27-37(28-44(49,7)8)47(35-22-15-13-16-23-35)41(53)33-20-19-21-34(26-33)42(54)48(36-24-17-14-18-25-36)38-29-45(9,10)50(40(52)32(3)4)46(11,12)30-38/h19-21,26,35-38H,1,3,13-18,22-25,27-30H2,2,4-12H3. The summed E-state index contributed by atoms with van der Waals surface area (Å²) in [5.74, 6) is -0.114. The van der Waals surface area contributed by atoms with E-state index in [4.69, 9.17) is 0 Å². The van der Waals surface area contributed by atoms with E-state index < -0.39 is 22.2 Å². The zero-order valence-electron chi connectivity index (χ0n) is 35.4. The van der Waals surface area contributed by atoms with Crippen LogP contribution in [0, 0.1) is 0 Å². The number of carbonyl (C=O) groups is 4. The Hall–Kier alpha value is -3.42. The molecule has 2 saturated carbocycles. The summed E-state index contributed by atoms with van der Waals surface area (Å²) < 4.78 is 0. The Morgan fingerprint density at radius 3 is 1.11 bits per heavy atom. The van der Waals surface area contributed by atoms with Gasteiger partial charge >= 0.3 is 0 Å². The van der Waals surface area contributed by atoms with Crippen molar-refractivity contribution in [2.75, 3.05) is 0 Å². The van der Waals surface area contributed by atoms with Crippen molar-refractivity contribution in [2.24, 2.45) is 0 Å². The predicted octanol–water partition coefficient (Wildman–Crippen LogP) is 9.49. The number of carbonyl (C=O) groups excluding carboxylic acids is 4. The molecule has 5 rings (SSSR count). The normalized spacial score (nSPS) is 23.4. The summed E-state index contributed by atoms with van der Waals surface area (Å²) in [4.78, 5) is 65.3. The molecule has 0 N–H and O–H groups in total. The lowest BCUT2D eigenvalue weighted by atomic mass is 9.75. The monoisotopic (exact) mass is 743 g/mol. The molecule has 0 spiro atoms. The summed E-state index contributed by atoms with van der Waals surface area (Å²) >= 11 is 0. The first kappa shape index (κ1) is 41.7. The topological polar surface area (TPSA) is 81.2 Å². The maximum Gasteiger partial charge on any atom is 0.254 e. The molecule has 2 heterocycles. The molecule has 4 fully saturated rings. The van der Waals surface area contributed by atoms with E-state index in [1.54, 1.807) is 13.8 Å². The third-order valence-corrected chi connectivity index (χ3v) is 13.0. The number of nitrogens with zero attached hydrogens (tertiary/aromatic N) is 4. The van der Waals surface area contributed by atoms with Crippen molar-refractivity contribution in [3.05, 3.63) is 59.7 Å². The molecule has 0 bridgehead atoms. The van der Waals surface area contributed by atoms with E-state index in [0.717, 1.165) is 51.4 Å². The number of hydrogen-bond acceptors (Lipinski definition) is 4. The summed E-state index contributed by atoms with van der Waals surface area (Å²) in [6.45, 7) is 28.4. The fourth-order valence-electron chi connectivity index (χ4n) is 11.4. The highest BCUT2D eigenvalue weighted by molar-refractivity contribution is 6.00. The van der Waals surface area contributed by atoms with Gasteiger partial charge in [-0.3, -0.25) is 19.2 Å². The van der Waals surface area contributed by atoms with Gasteiger partial charge in [-0.25, -0.2) is 0 Å². The van der Waals surface area contributed by atoms with Crippen LogP contribution in [0.15, 0.2) is 48.6 Å². The Morgan fingerprint density at radius 2 is 0.833 bits per heavy atom. The van der Waals surface area contributed by atoms with E-state index in [1.807, 2.05) is 34.1 Å². The predicted molar refractivity (Wildman–Crippen MR) is 218 cm³/mol. The number of hydrogen-bond donors (Lipinski definition) is 0. The van der Waals surface area contributed by atoms with Crippen LogP contribution in [0.2, 0.25) is 0 Å². The minimum absolute atomic E-state index is 0.0223. The second-order valence-corrected chi connectivity index (χ2v) is 19.8. The van der Waals surface area contributed by atoms with Crippen LogP contribution in [-0.2, 0) is 9.59 Å². The van der Waals surface area contributed by atoms with Crippen LogP contribution in [-0.4, -0.2) is 89.6 Å². The van der Waals surface area contributed by atoms with Crippen LogP contribution >= 0.6 is 0 Å². The Morgan fingerprint density at radius 1 is 0.537 bits per heavy atom. The smallest absolute Gasteiger partial charge is 0.254 e. The Kier molecular flexibility index (Phi) is 12.1. The van der Waals surface area contributed by atoms with Crippen LogP contribution in [0.1, 0.15) is 180 Å². The average Bonchev–Trinajstić information content (AvgIpc) is 3.07. The first-order valence-electron chi connectivity index (χ1n) is 20.8. The maximum absolute atomic E-state index is 15.0. The Labute approximate surface area is 326 Å². The van der Waals surface area contributed by atoms with Crippen molar-refractivity contribution in [1.29, 1.82) is 0 Å². The molecule has 4 amide bonds. The molecule has 298 valence electrons. The molecule has 2 aliphatic carbocycles. The summed E-state index contributed by atoms with van der Waals surface area (Å²) in [6, 6.07) is 7.59. The number of rotatable bonds is 8. The molecule has 0 aromatic heterocycles. The van der Waals surface area contributed by atoms with Gasteiger partial charge in [-0.15, -0.1) is 0 Å². The second kappa shape index (κ2) is 15.6. The molecular formula is C46H70N4O4. The first-order chi connectivity index (χ1) is 25.1. The molecule has 1 aromatic rings. The summed E-state index contributed by atoms with van der Waals surface area (Å²) in [7, 11) is 0. The molecule has 2 saturated heterocycles. The Balaban J connectivity index is 1.50. The van der Waals surface area contributed by atoms with E-state index in [2.05, 4.69) is 78.3 Å². The summed E-state index contributed by atoms with van der Waals surface area (Å²) in [6.07, 6.45) is 13.2. The van der Waals surface area contributed by atoms with Gasteiger partial charge in [0.15, 0.2) is 0 Å². The van der Waals surface area contributed by atoms with Gasteiger partial charge in [-0.2, -0.15) is 0 Å².